The highest BCUT2D eigenvalue weighted by Crippen LogP contribution is 2.28. The van der Waals surface area contributed by atoms with E-state index in [4.69, 9.17) is 4.52 Å². The van der Waals surface area contributed by atoms with E-state index in [0.717, 1.165) is 48.0 Å². The molecule has 7 nitrogen and oxygen atoms in total. The third-order valence-electron chi connectivity index (χ3n) is 4.65. The smallest absolute Gasteiger partial charge is 0.230 e. The summed E-state index contributed by atoms with van der Waals surface area (Å²) in [5, 5.41) is 12.0. The zero-order valence-electron chi connectivity index (χ0n) is 15.1. The molecule has 0 spiro atoms. The number of piperidine rings is 1. The van der Waals surface area contributed by atoms with Crippen LogP contribution in [0.25, 0.3) is 17.2 Å². The summed E-state index contributed by atoms with van der Waals surface area (Å²) in [6, 6.07) is 6.40. The van der Waals surface area contributed by atoms with Gasteiger partial charge in [0.25, 0.3) is 0 Å². The number of aryl methyl sites for hydroxylation is 2. The molecular formula is C18H23ClN6O. The summed E-state index contributed by atoms with van der Waals surface area (Å²) in [6.45, 7) is 7.16. The van der Waals surface area contributed by atoms with Gasteiger partial charge in [0.05, 0.1) is 5.69 Å². The lowest BCUT2D eigenvalue weighted by molar-refractivity contribution is 0.295. The van der Waals surface area contributed by atoms with Crippen LogP contribution in [-0.2, 0) is 0 Å². The Morgan fingerprint density at radius 1 is 1.27 bits per heavy atom. The molecule has 138 valence electrons. The number of nitrogens with one attached hydrogen (secondary N) is 1. The number of rotatable bonds is 3. The van der Waals surface area contributed by atoms with Crippen molar-refractivity contribution in [3.05, 3.63) is 41.7 Å². The van der Waals surface area contributed by atoms with Crippen molar-refractivity contribution in [1.29, 1.82) is 0 Å². The fraction of sp³-hybridized carbons (Fsp3) is 0.444. The molecule has 1 aliphatic heterocycles. The average molecular weight is 375 g/mol. The van der Waals surface area contributed by atoms with Gasteiger partial charge < -0.3 is 9.84 Å². The second-order valence-electron chi connectivity index (χ2n) is 6.78. The summed E-state index contributed by atoms with van der Waals surface area (Å²) >= 11 is 0. The molecular weight excluding hydrogens is 352 g/mol. The quantitative estimate of drug-likeness (QED) is 0.758. The monoisotopic (exact) mass is 374 g/mol. The molecule has 1 fully saturated rings. The average Bonchev–Trinajstić information content (AvgIpc) is 3.22. The van der Waals surface area contributed by atoms with Gasteiger partial charge in [0.1, 0.15) is 0 Å². The van der Waals surface area contributed by atoms with Gasteiger partial charge in [-0.2, -0.15) is 10.1 Å². The zero-order chi connectivity index (χ0) is 17.4. The minimum Gasteiger partial charge on any atom is -0.339 e. The SMILES string of the molecule is Cc1cc(C)n(-c2ccc(-c3noc([C@H]4CCN[C@@H](C)C4)n3)cn2)n1.Cl. The van der Waals surface area contributed by atoms with E-state index in [1.165, 1.54) is 0 Å². The number of hydrogen-bond donors (Lipinski definition) is 1. The van der Waals surface area contributed by atoms with Crippen LogP contribution in [0.2, 0.25) is 0 Å². The number of nitrogens with zero attached hydrogens (tertiary/aromatic N) is 5. The van der Waals surface area contributed by atoms with Crippen LogP contribution in [0.5, 0.6) is 0 Å². The maximum atomic E-state index is 5.51. The van der Waals surface area contributed by atoms with Gasteiger partial charge in [-0.15, -0.1) is 12.4 Å². The molecule has 0 unspecified atom stereocenters. The molecule has 0 aromatic carbocycles. The van der Waals surface area contributed by atoms with Crippen LogP contribution in [0.1, 0.15) is 43.0 Å². The first-order valence-corrected chi connectivity index (χ1v) is 8.67. The van der Waals surface area contributed by atoms with Crippen LogP contribution in [0.15, 0.2) is 28.9 Å². The van der Waals surface area contributed by atoms with Gasteiger partial charge in [-0.1, -0.05) is 5.16 Å². The van der Waals surface area contributed by atoms with Crippen LogP contribution >= 0.6 is 12.4 Å². The molecule has 0 bridgehead atoms. The van der Waals surface area contributed by atoms with E-state index in [1.54, 1.807) is 6.20 Å². The number of hydrogen-bond acceptors (Lipinski definition) is 6. The molecule has 1 N–H and O–H groups in total. The molecule has 0 saturated carbocycles. The van der Waals surface area contributed by atoms with E-state index < -0.39 is 0 Å². The second kappa shape index (κ2) is 7.55. The molecule has 0 radical (unpaired) electrons. The zero-order valence-corrected chi connectivity index (χ0v) is 16.0. The summed E-state index contributed by atoms with van der Waals surface area (Å²) in [7, 11) is 0. The molecule has 4 heterocycles. The summed E-state index contributed by atoms with van der Waals surface area (Å²) in [5.41, 5.74) is 2.88. The van der Waals surface area contributed by atoms with E-state index in [2.05, 4.69) is 32.5 Å². The van der Waals surface area contributed by atoms with E-state index >= 15 is 0 Å². The van der Waals surface area contributed by atoms with Gasteiger partial charge in [-0.25, -0.2) is 9.67 Å². The maximum absolute atomic E-state index is 5.51. The minimum atomic E-state index is 0. The first-order chi connectivity index (χ1) is 12.1. The summed E-state index contributed by atoms with van der Waals surface area (Å²) in [5.74, 6) is 2.43. The fourth-order valence-corrected chi connectivity index (χ4v) is 3.38. The maximum Gasteiger partial charge on any atom is 0.230 e. The molecule has 3 aromatic rings. The Morgan fingerprint density at radius 2 is 2.12 bits per heavy atom. The van der Waals surface area contributed by atoms with Gasteiger partial charge in [0.15, 0.2) is 5.82 Å². The van der Waals surface area contributed by atoms with Crippen molar-refractivity contribution in [1.82, 2.24) is 30.2 Å². The fourth-order valence-electron chi connectivity index (χ4n) is 3.38. The van der Waals surface area contributed by atoms with Crippen LogP contribution in [0, 0.1) is 13.8 Å². The van der Waals surface area contributed by atoms with Crippen LogP contribution in [0.4, 0.5) is 0 Å². The van der Waals surface area contributed by atoms with E-state index in [9.17, 15) is 0 Å². The van der Waals surface area contributed by atoms with Gasteiger partial charge >= 0.3 is 0 Å². The third kappa shape index (κ3) is 3.64. The van der Waals surface area contributed by atoms with Crippen molar-refractivity contribution in [3.63, 3.8) is 0 Å². The molecule has 3 aromatic heterocycles. The largest absolute Gasteiger partial charge is 0.339 e. The van der Waals surface area contributed by atoms with E-state index in [0.29, 0.717) is 17.8 Å². The molecule has 26 heavy (non-hydrogen) atoms. The number of halogens is 1. The van der Waals surface area contributed by atoms with E-state index in [1.807, 2.05) is 36.7 Å². The Balaban J connectivity index is 0.00000196. The third-order valence-corrected chi connectivity index (χ3v) is 4.65. The Kier molecular flexibility index (Phi) is 5.38. The highest BCUT2D eigenvalue weighted by atomic mass is 35.5. The molecule has 0 aliphatic carbocycles. The summed E-state index contributed by atoms with van der Waals surface area (Å²) in [6.07, 6.45) is 3.82. The van der Waals surface area contributed by atoms with Crippen molar-refractivity contribution >= 4 is 12.4 Å². The van der Waals surface area contributed by atoms with Crippen molar-refractivity contribution < 1.29 is 4.52 Å². The van der Waals surface area contributed by atoms with Crippen molar-refractivity contribution in [3.8, 4) is 17.2 Å². The number of pyridine rings is 1. The predicted molar refractivity (Wildman–Crippen MR) is 101 cm³/mol. The van der Waals surface area contributed by atoms with Gasteiger partial charge in [-0.3, -0.25) is 0 Å². The minimum absolute atomic E-state index is 0. The van der Waals surface area contributed by atoms with Crippen LogP contribution < -0.4 is 5.32 Å². The topological polar surface area (TPSA) is 81.7 Å². The Morgan fingerprint density at radius 3 is 2.77 bits per heavy atom. The molecule has 2 atom stereocenters. The lowest BCUT2D eigenvalue weighted by Gasteiger charge is -2.25. The second-order valence-corrected chi connectivity index (χ2v) is 6.78. The van der Waals surface area contributed by atoms with Crippen molar-refractivity contribution in [2.45, 2.75) is 45.6 Å². The Hall–Kier alpha value is -2.25. The molecule has 4 rings (SSSR count). The first kappa shape index (κ1) is 18.5. The Labute approximate surface area is 158 Å². The highest BCUT2D eigenvalue weighted by molar-refractivity contribution is 5.85. The molecule has 8 heteroatoms. The lowest BCUT2D eigenvalue weighted by Crippen LogP contribution is -2.34. The highest BCUT2D eigenvalue weighted by Gasteiger charge is 2.25. The number of aromatic nitrogens is 5. The molecule has 1 aliphatic rings. The summed E-state index contributed by atoms with van der Waals surface area (Å²) in [4.78, 5) is 9.10. The van der Waals surface area contributed by atoms with Crippen molar-refractivity contribution in [2.24, 2.45) is 0 Å². The summed E-state index contributed by atoms with van der Waals surface area (Å²) < 4.78 is 7.34. The van der Waals surface area contributed by atoms with E-state index in [-0.39, 0.29) is 12.4 Å². The van der Waals surface area contributed by atoms with Gasteiger partial charge in [-0.05, 0) is 58.4 Å². The normalized spacial score (nSPS) is 20.0. The standard InChI is InChI=1S/C18H22N6O.ClH/c1-11-9-14(6-7-19-11)18-21-17(23-25-18)15-4-5-16(20-10-15)24-13(3)8-12(2)22-24;/h4-5,8,10-11,14,19H,6-7,9H2,1-3H3;1H/t11-,14-;/m0./s1. The van der Waals surface area contributed by atoms with Gasteiger partial charge in [0, 0.05) is 29.4 Å². The Bertz CT molecular complexity index is 872. The van der Waals surface area contributed by atoms with Crippen LogP contribution in [-0.4, -0.2) is 37.5 Å². The van der Waals surface area contributed by atoms with Gasteiger partial charge in [0.2, 0.25) is 11.7 Å². The predicted octanol–water partition coefficient (Wildman–Crippen LogP) is 3.21. The molecule has 0 amide bonds. The molecule has 1 saturated heterocycles. The van der Waals surface area contributed by atoms with Crippen LogP contribution in [0.3, 0.4) is 0 Å². The first-order valence-electron chi connectivity index (χ1n) is 8.67. The van der Waals surface area contributed by atoms with Crippen molar-refractivity contribution in [2.75, 3.05) is 6.54 Å². The lowest BCUT2D eigenvalue weighted by atomic mass is 9.93.